The van der Waals surface area contributed by atoms with Crippen LogP contribution in [0.5, 0.6) is 0 Å². The molecule has 3 aromatic rings. The van der Waals surface area contributed by atoms with E-state index in [0.29, 0.717) is 17.5 Å². The van der Waals surface area contributed by atoms with Crippen LogP contribution in [0.1, 0.15) is 29.8 Å². The highest BCUT2D eigenvalue weighted by molar-refractivity contribution is 7.99. The number of pyridine rings is 1. The maximum Gasteiger partial charge on any atom is 0.433 e. The summed E-state index contributed by atoms with van der Waals surface area (Å²) in [7, 11) is 1.91. The number of aromatic nitrogens is 5. The van der Waals surface area contributed by atoms with Crippen LogP contribution in [0, 0.1) is 12.8 Å². The minimum atomic E-state index is -4.39. The third-order valence-electron chi connectivity index (χ3n) is 6.48. The Morgan fingerprint density at radius 2 is 2.06 bits per heavy atom. The van der Waals surface area contributed by atoms with Gasteiger partial charge in [-0.3, -0.25) is 4.98 Å². The summed E-state index contributed by atoms with van der Waals surface area (Å²) < 4.78 is 45.7. The predicted molar refractivity (Wildman–Crippen MR) is 119 cm³/mol. The highest BCUT2D eigenvalue weighted by Crippen LogP contribution is 2.58. The van der Waals surface area contributed by atoms with Crippen LogP contribution in [0.25, 0.3) is 11.6 Å². The number of nitrogens with zero attached hydrogens (tertiary/aromatic N) is 6. The normalized spacial score (nSPS) is 22.3. The van der Waals surface area contributed by atoms with Crippen molar-refractivity contribution >= 4 is 24.2 Å². The fourth-order valence-electron chi connectivity index (χ4n) is 4.67. The standard InChI is InChI=1S/C21H23F3N6OS.ClH/c1-13-17(31-12-26-13)18-27-28-19(29(18)2)32-7-3-6-30-10-15-8-20(15,11-30)14-4-5-16(25-9-14)21(22,23)24;/h4-5,9,12,15H,3,6-8,10-11H2,1-2H3;1H. The van der Waals surface area contributed by atoms with Gasteiger partial charge in [-0.1, -0.05) is 17.8 Å². The molecular formula is C21H24ClF3N6OS. The molecule has 2 atom stereocenters. The number of thioether (sulfide) groups is 1. The monoisotopic (exact) mass is 500 g/mol. The number of hydrogen-bond donors (Lipinski definition) is 0. The molecule has 7 nitrogen and oxygen atoms in total. The van der Waals surface area contributed by atoms with E-state index in [-0.39, 0.29) is 17.8 Å². The van der Waals surface area contributed by atoms with Crippen molar-refractivity contribution in [2.45, 2.75) is 36.5 Å². The van der Waals surface area contributed by atoms with E-state index in [2.05, 4.69) is 25.1 Å². The van der Waals surface area contributed by atoms with Crippen molar-refractivity contribution in [1.29, 1.82) is 0 Å². The molecule has 2 fully saturated rings. The van der Waals surface area contributed by atoms with Gasteiger partial charge in [-0.25, -0.2) is 4.98 Å². The first kappa shape index (κ1) is 24.0. The number of piperidine rings is 1. The first-order valence-corrected chi connectivity index (χ1v) is 11.5. The molecule has 178 valence electrons. The minimum absolute atomic E-state index is 0. The van der Waals surface area contributed by atoms with Crippen LogP contribution in [-0.2, 0) is 18.6 Å². The topological polar surface area (TPSA) is 72.9 Å². The number of fused-ring (bicyclic) bond motifs is 1. The lowest BCUT2D eigenvalue weighted by Gasteiger charge is -2.21. The van der Waals surface area contributed by atoms with Gasteiger partial charge < -0.3 is 13.9 Å². The second-order valence-corrected chi connectivity index (χ2v) is 9.62. The molecule has 0 bridgehead atoms. The molecule has 0 spiro atoms. The van der Waals surface area contributed by atoms with Gasteiger partial charge in [0.15, 0.2) is 17.3 Å². The number of likely N-dealkylation sites (tertiary alicyclic amines) is 1. The second kappa shape index (κ2) is 8.92. The van der Waals surface area contributed by atoms with Crippen molar-refractivity contribution in [1.82, 2.24) is 29.6 Å². The first-order chi connectivity index (χ1) is 15.3. The fourth-order valence-corrected chi connectivity index (χ4v) is 5.50. The van der Waals surface area contributed by atoms with E-state index in [4.69, 9.17) is 4.42 Å². The first-order valence-electron chi connectivity index (χ1n) is 10.5. The van der Waals surface area contributed by atoms with Crippen molar-refractivity contribution < 1.29 is 17.6 Å². The van der Waals surface area contributed by atoms with Crippen molar-refractivity contribution in [3.8, 4) is 11.6 Å². The van der Waals surface area contributed by atoms with Gasteiger partial charge in [0.25, 0.3) is 0 Å². The van der Waals surface area contributed by atoms with Gasteiger partial charge in [-0.15, -0.1) is 22.6 Å². The Hall–Kier alpha value is -2.11. The van der Waals surface area contributed by atoms with Crippen molar-refractivity contribution in [2.24, 2.45) is 13.0 Å². The third kappa shape index (κ3) is 4.50. The Balaban J connectivity index is 0.00000259. The van der Waals surface area contributed by atoms with Gasteiger partial charge in [0.05, 0.1) is 5.69 Å². The molecule has 5 rings (SSSR count). The third-order valence-corrected chi connectivity index (χ3v) is 7.59. The quantitative estimate of drug-likeness (QED) is 0.352. The minimum Gasteiger partial charge on any atom is -0.440 e. The van der Waals surface area contributed by atoms with Crippen LogP contribution in [0.15, 0.2) is 34.3 Å². The average Bonchev–Trinajstić information content (AvgIpc) is 3.05. The number of oxazole rings is 1. The summed E-state index contributed by atoms with van der Waals surface area (Å²) >= 11 is 1.65. The van der Waals surface area contributed by atoms with E-state index in [1.165, 1.54) is 12.6 Å². The Morgan fingerprint density at radius 3 is 2.73 bits per heavy atom. The van der Waals surface area contributed by atoms with E-state index in [0.717, 1.165) is 60.7 Å². The van der Waals surface area contributed by atoms with Gasteiger partial charge in [-0.2, -0.15) is 13.2 Å². The largest absolute Gasteiger partial charge is 0.440 e. The molecule has 1 aliphatic heterocycles. The number of rotatable bonds is 7. The Labute approximate surface area is 199 Å². The molecule has 0 radical (unpaired) electrons. The van der Waals surface area contributed by atoms with Crippen molar-refractivity contribution in [3.05, 3.63) is 41.7 Å². The Morgan fingerprint density at radius 1 is 1.24 bits per heavy atom. The van der Waals surface area contributed by atoms with Crippen molar-refractivity contribution in [3.63, 3.8) is 0 Å². The summed E-state index contributed by atoms with van der Waals surface area (Å²) in [4.78, 5) is 10.2. The number of aryl methyl sites for hydroxylation is 1. The van der Waals surface area contributed by atoms with Crippen molar-refractivity contribution in [2.75, 3.05) is 25.4 Å². The summed E-state index contributed by atoms with van der Waals surface area (Å²) in [5, 5.41) is 9.32. The highest BCUT2D eigenvalue weighted by Gasteiger charge is 2.60. The van der Waals surface area contributed by atoms with Crippen LogP contribution in [0.4, 0.5) is 13.2 Å². The van der Waals surface area contributed by atoms with E-state index < -0.39 is 11.9 Å². The van der Waals surface area contributed by atoms with Gasteiger partial charge >= 0.3 is 6.18 Å². The maximum absolute atomic E-state index is 12.8. The molecule has 2 aliphatic rings. The van der Waals surface area contributed by atoms with E-state index in [1.807, 2.05) is 18.5 Å². The molecule has 33 heavy (non-hydrogen) atoms. The molecule has 3 aromatic heterocycles. The number of alkyl halides is 3. The van der Waals surface area contributed by atoms with Crippen LogP contribution in [-0.4, -0.2) is 55.0 Å². The predicted octanol–water partition coefficient (Wildman–Crippen LogP) is 4.37. The zero-order valence-electron chi connectivity index (χ0n) is 18.2. The molecular weight excluding hydrogens is 477 g/mol. The van der Waals surface area contributed by atoms with Crippen LogP contribution in [0.2, 0.25) is 0 Å². The summed E-state index contributed by atoms with van der Waals surface area (Å²) in [6.45, 7) is 4.69. The molecule has 0 amide bonds. The molecule has 0 N–H and O–H groups in total. The molecule has 1 aliphatic carbocycles. The van der Waals surface area contributed by atoms with E-state index in [9.17, 15) is 13.2 Å². The zero-order valence-corrected chi connectivity index (χ0v) is 19.8. The molecule has 0 aromatic carbocycles. The smallest absolute Gasteiger partial charge is 0.433 e. The Bertz CT molecular complexity index is 1120. The fraction of sp³-hybridized carbons (Fsp3) is 0.524. The van der Waals surface area contributed by atoms with Crippen LogP contribution in [0.3, 0.4) is 0 Å². The molecule has 1 saturated carbocycles. The summed E-state index contributed by atoms with van der Waals surface area (Å²) in [6.07, 6.45) is 0.455. The zero-order chi connectivity index (χ0) is 22.5. The lowest BCUT2D eigenvalue weighted by Crippen LogP contribution is -2.28. The number of halogens is 4. The Kier molecular flexibility index (Phi) is 6.49. The van der Waals surface area contributed by atoms with Crippen LogP contribution < -0.4 is 0 Å². The lowest BCUT2D eigenvalue weighted by atomic mass is 9.96. The highest BCUT2D eigenvalue weighted by atomic mass is 35.5. The van der Waals surface area contributed by atoms with Gasteiger partial charge in [0.2, 0.25) is 5.82 Å². The van der Waals surface area contributed by atoms with Gasteiger partial charge in [0, 0.05) is 37.5 Å². The molecule has 2 unspecified atom stereocenters. The molecule has 12 heteroatoms. The van der Waals surface area contributed by atoms with E-state index in [1.54, 1.807) is 17.8 Å². The second-order valence-electron chi connectivity index (χ2n) is 8.56. The van der Waals surface area contributed by atoms with Gasteiger partial charge in [0.1, 0.15) is 5.69 Å². The molecule has 4 heterocycles. The average molecular weight is 501 g/mol. The molecule has 1 saturated heterocycles. The summed E-state index contributed by atoms with van der Waals surface area (Å²) in [5.74, 6) is 2.71. The van der Waals surface area contributed by atoms with E-state index >= 15 is 0 Å². The SMILES string of the molecule is Cc1ncoc1-c1nnc(SCCCN2CC3CC3(c3ccc(C(F)(F)F)nc3)C2)n1C.Cl. The summed E-state index contributed by atoms with van der Waals surface area (Å²) in [6, 6.07) is 2.71. The lowest BCUT2D eigenvalue weighted by molar-refractivity contribution is -0.141. The number of hydrogen-bond acceptors (Lipinski definition) is 7. The summed E-state index contributed by atoms with van der Waals surface area (Å²) in [5.41, 5.74) is 0.869. The maximum atomic E-state index is 12.8. The van der Waals surface area contributed by atoms with Gasteiger partial charge in [-0.05, 0) is 43.9 Å². The van der Waals surface area contributed by atoms with Crippen LogP contribution >= 0.6 is 24.2 Å².